The molecule has 2 amide bonds. The first-order chi connectivity index (χ1) is 12.4. The molecule has 1 aromatic heterocycles. The van der Waals surface area contributed by atoms with Crippen LogP contribution in [0.15, 0.2) is 24.5 Å². The van der Waals surface area contributed by atoms with Gasteiger partial charge in [-0.05, 0) is 30.0 Å². The summed E-state index contributed by atoms with van der Waals surface area (Å²) in [4.78, 5) is 33.1. The molecular weight excluding hydrogens is 328 g/mol. The maximum Gasteiger partial charge on any atom is 0.227 e. The molecule has 1 aromatic carbocycles. The van der Waals surface area contributed by atoms with E-state index in [1.165, 1.54) is 0 Å². The minimum atomic E-state index is 0.124. The number of amides is 2. The van der Waals surface area contributed by atoms with Gasteiger partial charge < -0.3 is 14.4 Å². The summed E-state index contributed by atoms with van der Waals surface area (Å²) < 4.78 is 1.97. The van der Waals surface area contributed by atoms with Crippen LogP contribution in [-0.2, 0) is 23.1 Å². The highest BCUT2D eigenvalue weighted by molar-refractivity contribution is 5.82. The maximum atomic E-state index is 12.7. The average Bonchev–Trinajstić information content (AvgIpc) is 2.81. The summed E-state index contributed by atoms with van der Waals surface area (Å²) in [6.45, 7) is 6.84. The van der Waals surface area contributed by atoms with Crippen LogP contribution in [0.25, 0.3) is 11.0 Å². The minimum absolute atomic E-state index is 0.124. The van der Waals surface area contributed by atoms with Crippen LogP contribution in [-0.4, -0.2) is 57.3 Å². The van der Waals surface area contributed by atoms with Crippen LogP contribution in [0, 0.1) is 5.92 Å². The summed E-state index contributed by atoms with van der Waals surface area (Å²) in [5, 5.41) is 0. The number of imidazole rings is 1. The van der Waals surface area contributed by atoms with Crippen LogP contribution in [0.3, 0.4) is 0 Å². The number of benzene rings is 1. The summed E-state index contributed by atoms with van der Waals surface area (Å²) >= 11 is 0. The van der Waals surface area contributed by atoms with Gasteiger partial charge in [0.2, 0.25) is 11.8 Å². The Hall–Kier alpha value is -2.37. The summed E-state index contributed by atoms with van der Waals surface area (Å²) in [6.07, 6.45) is 3.59. The maximum absolute atomic E-state index is 12.7. The molecule has 1 aliphatic heterocycles. The third kappa shape index (κ3) is 4.23. The zero-order valence-corrected chi connectivity index (χ0v) is 15.9. The van der Waals surface area contributed by atoms with Crippen molar-refractivity contribution in [3.63, 3.8) is 0 Å². The van der Waals surface area contributed by atoms with Gasteiger partial charge in [-0.2, -0.15) is 0 Å². The largest absolute Gasteiger partial charge is 0.341 e. The number of hydrogen-bond acceptors (Lipinski definition) is 3. The Labute approximate surface area is 154 Å². The molecule has 1 fully saturated rings. The second-order valence-corrected chi connectivity index (χ2v) is 7.57. The van der Waals surface area contributed by atoms with Crippen molar-refractivity contribution in [2.24, 2.45) is 13.0 Å². The number of hydrogen-bond donors (Lipinski definition) is 0. The van der Waals surface area contributed by atoms with Crippen LogP contribution in [0.4, 0.5) is 0 Å². The van der Waals surface area contributed by atoms with Gasteiger partial charge in [0.05, 0.1) is 23.8 Å². The topological polar surface area (TPSA) is 58.4 Å². The number of nitrogens with zero attached hydrogens (tertiary/aromatic N) is 4. The average molecular weight is 356 g/mol. The van der Waals surface area contributed by atoms with Crippen molar-refractivity contribution in [1.82, 2.24) is 19.4 Å². The smallest absolute Gasteiger partial charge is 0.227 e. The lowest BCUT2D eigenvalue weighted by molar-refractivity contribution is -0.133. The second kappa shape index (κ2) is 7.89. The minimum Gasteiger partial charge on any atom is -0.341 e. The van der Waals surface area contributed by atoms with Crippen molar-refractivity contribution in [2.45, 2.75) is 33.1 Å². The van der Waals surface area contributed by atoms with Gasteiger partial charge in [0.15, 0.2) is 0 Å². The van der Waals surface area contributed by atoms with E-state index in [4.69, 9.17) is 0 Å². The first kappa shape index (κ1) is 18.4. The molecule has 6 nitrogen and oxygen atoms in total. The molecule has 6 heteroatoms. The fraction of sp³-hybridized carbons (Fsp3) is 0.550. The van der Waals surface area contributed by atoms with E-state index in [0.29, 0.717) is 31.8 Å². The van der Waals surface area contributed by atoms with Crippen LogP contribution < -0.4 is 0 Å². The fourth-order valence-corrected chi connectivity index (χ4v) is 3.47. The molecule has 0 saturated carbocycles. The van der Waals surface area contributed by atoms with E-state index in [1.807, 2.05) is 39.6 Å². The molecule has 1 saturated heterocycles. The Balaban J connectivity index is 1.59. The molecule has 2 heterocycles. The van der Waals surface area contributed by atoms with E-state index in [1.54, 1.807) is 6.33 Å². The number of rotatable bonds is 4. The number of carbonyl (C=O) groups excluding carboxylic acids is 2. The third-order valence-electron chi connectivity index (χ3n) is 4.93. The number of fused-ring (bicyclic) bond motifs is 1. The monoisotopic (exact) mass is 356 g/mol. The molecule has 0 radical (unpaired) electrons. The Bertz CT molecular complexity index is 796. The molecule has 0 spiro atoms. The van der Waals surface area contributed by atoms with Gasteiger partial charge in [0, 0.05) is 39.6 Å². The molecule has 26 heavy (non-hydrogen) atoms. The first-order valence-electron chi connectivity index (χ1n) is 9.39. The highest BCUT2D eigenvalue weighted by Crippen LogP contribution is 2.16. The summed E-state index contributed by atoms with van der Waals surface area (Å²) in [6, 6.07) is 6.00. The Morgan fingerprint density at radius 2 is 1.77 bits per heavy atom. The second-order valence-electron chi connectivity index (χ2n) is 7.57. The molecule has 3 rings (SSSR count). The number of aromatic nitrogens is 2. The van der Waals surface area contributed by atoms with Gasteiger partial charge in [0.1, 0.15) is 0 Å². The SMILES string of the molecule is CC(C)CC(=O)N1CCCN(C(=O)Cc2ccc3c(c2)ncn3C)CC1. The fourth-order valence-electron chi connectivity index (χ4n) is 3.47. The van der Waals surface area contributed by atoms with Crippen LogP contribution >= 0.6 is 0 Å². The third-order valence-corrected chi connectivity index (χ3v) is 4.93. The van der Waals surface area contributed by atoms with Gasteiger partial charge >= 0.3 is 0 Å². The van der Waals surface area contributed by atoms with Crippen LogP contribution in [0.5, 0.6) is 0 Å². The molecule has 0 bridgehead atoms. The predicted molar refractivity (Wildman–Crippen MR) is 102 cm³/mol. The lowest BCUT2D eigenvalue weighted by Crippen LogP contribution is -2.38. The first-order valence-corrected chi connectivity index (χ1v) is 9.39. The standard InChI is InChI=1S/C20H28N4O2/c1-15(2)11-19(25)23-7-4-8-24(10-9-23)20(26)13-16-5-6-18-17(12-16)21-14-22(18)3/h5-6,12,14-15H,4,7-11,13H2,1-3H3. The van der Waals surface area contributed by atoms with Crippen molar-refractivity contribution in [3.8, 4) is 0 Å². The number of carbonyl (C=O) groups is 2. The van der Waals surface area contributed by atoms with E-state index in [0.717, 1.165) is 36.1 Å². The summed E-state index contributed by atoms with van der Waals surface area (Å²) in [7, 11) is 1.96. The van der Waals surface area contributed by atoms with Crippen molar-refractivity contribution in [1.29, 1.82) is 0 Å². The van der Waals surface area contributed by atoms with Crippen molar-refractivity contribution >= 4 is 22.8 Å². The van der Waals surface area contributed by atoms with Crippen LogP contribution in [0.2, 0.25) is 0 Å². The normalized spacial score (nSPS) is 15.5. The summed E-state index contributed by atoms with van der Waals surface area (Å²) in [5.41, 5.74) is 2.97. The van der Waals surface area contributed by atoms with Gasteiger partial charge in [-0.25, -0.2) is 4.98 Å². The molecule has 0 atom stereocenters. The van der Waals surface area contributed by atoms with Gasteiger partial charge in [-0.3, -0.25) is 9.59 Å². The molecule has 2 aromatic rings. The van der Waals surface area contributed by atoms with E-state index in [9.17, 15) is 9.59 Å². The van der Waals surface area contributed by atoms with Gasteiger partial charge in [-0.1, -0.05) is 19.9 Å². The molecule has 0 aliphatic carbocycles. The number of aryl methyl sites for hydroxylation is 1. The lowest BCUT2D eigenvalue weighted by Gasteiger charge is -2.23. The highest BCUT2D eigenvalue weighted by atomic mass is 16.2. The van der Waals surface area contributed by atoms with Gasteiger partial charge in [0.25, 0.3) is 0 Å². The quantitative estimate of drug-likeness (QED) is 0.844. The molecule has 140 valence electrons. The molecule has 0 unspecified atom stereocenters. The Kier molecular flexibility index (Phi) is 5.59. The Morgan fingerprint density at radius 3 is 2.46 bits per heavy atom. The highest BCUT2D eigenvalue weighted by Gasteiger charge is 2.22. The molecule has 0 N–H and O–H groups in total. The van der Waals surface area contributed by atoms with Crippen molar-refractivity contribution in [3.05, 3.63) is 30.1 Å². The van der Waals surface area contributed by atoms with E-state index >= 15 is 0 Å². The van der Waals surface area contributed by atoms with Crippen molar-refractivity contribution < 1.29 is 9.59 Å². The van der Waals surface area contributed by atoms with Gasteiger partial charge in [-0.15, -0.1) is 0 Å². The Morgan fingerprint density at radius 1 is 1.08 bits per heavy atom. The van der Waals surface area contributed by atoms with Crippen LogP contribution in [0.1, 0.15) is 32.3 Å². The van der Waals surface area contributed by atoms with E-state index in [-0.39, 0.29) is 11.8 Å². The zero-order chi connectivity index (χ0) is 18.7. The predicted octanol–water partition coefficient (Wildman–Crippen LogP) is 2.22. The lowest BCUT2D eigenvalue weighted by atomic mass is 10.1. The molecule has 1 aliphatic rings. The van der Waals surface area contributed by atoms with Crippen molar-refractivity contribution in [2.75, 3.05) is 26.2 Å². The zero-order valence-electron chi connectivity index (χ0n) is 15.9. The molecular formula is C20H28N4O2. The van der Waals surface area contributed by atoms with E-state index < -0.39 is 0 Å². The van der Waals surface area contributed by atoms with E-state index in [2.05, 4.69) is 18.8 Å². The summed E-state index contributed by atoms with van der Waals surface area (Å²) in [5.74, 6) is 0.693.